The lowest BCUT2D eigenvalue weighted by Gasteiger charge is -2.41. The van der Waals surface area contributed by atoms with Gasteiger partial charge < -0.3 is 14.0 Å². The van der Waals surface area contributed by atoms with Crippen molar-refractivity contribution in [3.8, 4) is 5.75 Å². The van der Waals surface area contributed by atoms with Crippen LogP contribution in [0.4, 0.5) is 0 Å². The quantitative estimate of drug-likeness (QED) is 0.761. The predicted molar refractivity (Wildman–Crippen MR) is 93.2 cm³/mol. The zero-order valence-electron chi connectivity index (χ0n) is 14.4. The number of aromatic nitrogens is 1. The Hall–Kier alpha value is -1.61. The standard InChI is InChI=1S/C17H22N2O5S/c1-13-10-14-4-3-5-15-16(14)19(13)12-17(23-15,24-25(2,20)21)11-18-6-8-22-9-7-18/h3-5,10H,6-9,11-12H2,1-2H3/t17-/m1/s1. The molecule has 7 nitrogen and oxygen atoms in total. The van der Waals surface area contributed by atoms with Crippen LogP contribution in [-0.2, 0) is 25.6 Å². The Morgan fingerprint density at radius 1 is 1.28 bits per heavy atom. The number of benzene rings is 1. The van der Waals surface area contributed by atoms with E-state index in [9.17, 15) is 8.42 Å². The Morgan fingerprint density at radius 3 is 2.76 bits per heavy atom. The van der Waals surface area contributed by atoms with Crippen molar-refractivity contribution in [2.75, 3.05) is 39.1 Å². The fraction of sp³-hybridized carbons (Fsp3) is 0.529. The van der Waals surface area contributed by atoms with Gasteiger partial charge in [0, 0.05) is 24.2 Å². The van der Waals surface area contributed by atoms with Gasteiger partial charge in [0.15, 0.2) is 0 Å². The van der Waals surface area contributed by atoms with E-state index in [1.807, 2.05) is 25.1 Å². The summed E-state index contributed by atoms with van der Waals surface area (Å²) in [5.41, 5.74) is 2.03. The zero-order chi connectivity index (χ0) is 17.7. The molecule has 1 aromatic heterocycles. The first-order chi connectivity index (χ1) is 11.9. The van der Waals surface area contributed by atoms with E-state index in [1.54, 1.807) is 0 Å². The molecule has 1 aromatic carbocycles. The molecule has 2 aliphatic heterocycles. The number of morpholine rings is 1. The van der Waals surface area contributed by atoms with E-state index in [1.165, 1.54) is 0 Å². The fourth-order valence-corrected chi connectivity index (χ4v) is 4.40. The molecule has 3 heterocycles. The monoisotopic (exact) mass is 366 g/mol. The van der Waals surface area contributed by atoms with Gasteiger partial charge in [0.25, 0.3) is 15.9 Å². The summed E-state index contributed by atoms with van der Waals surface area (Å²) in [5.74, 6) is -0.635. The van der Waals surface area contributed by atoms with Gasteiger partial charge in [0.1, 0.15) is 5.75 Å². The fourth-order valence-electron chi connectivity index (χ4n) is 3.71. The van der Waals surface area contributed by atoms with Crippen LogP contribution in [0.5, 0.6) is 5.75 Å². The lowest BCUT2D eigenvalue weighted by Crippen LogP contribution is -2.56. The van der Waals surface area contributed by atoms with Gasteiger partial charge in [-0.1, -0.05) is 12.1 Å². The first kappa shape index (κ1) is 16.8. The van der Waals surface area contributed by atoms with Gasteiger partial charge >= 0.3 is 0 Å². The maximum atomic E-state index is 12.0. The lowest BCUT2D eigenvalue weighted by molar-refractivity contribution is -0.148. The Labute approximate surface area is 147 Å². The molecule has 8 heteroatoms. The highest BCUT2D eigenvalue weighted by atomic mass is 32.2. The van der Waals surface area contributed by atoms with Crippen molar-refractivity contribution in [2.24, 2.45) is 0 Å². The molecule has 0 saturated carbocycles. The minimum absolute atomic E-state index is 0.323. The molecular formula is C17H22N2O5S. The summed E-state index contributed by atoms with van der Waals surface area (Å²) in [6, 6.07) is 7.87. The third-order valence-corrected chi connectivity index (χ3v) is 5.26. The van der Waals surface area contributed by atoms with Gasteiger partial charge in [-0.2, -0.15) is 8.42 Å². The van der Waals surface area contributed by atoms with Crippen LogP contribution in [0.1, 0.15) is 5.69 Å². The SMILES string of the molecule is Cc1cc2cccc3c2n1C[C@@](CN1CCOCC1)(OS(C)(=O)=O)O3. The number of nitrogens with zero attached hydrogens (tertiary/aromatic N) is 2. The van der Waals surface area contributed by atoms with Crippen molar-refractivity contribution in [1.82, 2.24) is 9.47 Å². The summed E-state index contributed by atoms with van der Waals surface area (Å²) in [4.78, 5) is 2.12. The summed E-state index contributed by atoms with van der Waals surface area (Å²) in [6.45, 7) is 5.38. The highest BCUT2D eigenvalue weighted by Crippen LogP contribution is 2.38. The van der Waals surface area contributed by atoms with E-state index >= 15 is 0 Å². The lowest BCUT2D eigenvalue weighted by atomic mass is 10.1. The van der Waals surface area contributed by atoms with Crippen LogP contribution < -0.4 is 4.74 Å². The molecule has 2 aliphatic rings. The molecule has 0 amide bonds. The van der Waals surface area contributed by atoms with E-state index in [0.717, 1.165) is 35.9 Å². The first-order valence-corrected chi connectivity index (χ1v) is 10.2. The number of para-hydroxylation sites is 1. The molecule has 4 rings (SSSR count). The smallest absolute Gasteiger partial charge is 0.268 e. The highest BCUT2D eigenvalue weighted by Gasteiger charge is 2.44. The van der Waals surface area contributed by atoms with E-state index in [4.69, 9.17) is 13.7 Å². The van der Waals surface area contributed by atoms with Gasteiger partial charge in [-0.25, -0.2) is 4.18 Å². The number of rotatable bonds is 4. The molecule has 136 valence electrons. The van der Waals surface area contributed by atoms with Crippen LogP contribution in [0, 0.1) is 6.92 Å². The average molecular weight is 366 g/mol. The van der Waals surface area contributed by atoms with Crippen LogP contribution in [0.25, 0.3) is 10.9 Å². The molecule has 0 bridgehead atoms. The third-order valence-electron chi connectivity index (χ3n) is 4.66. The largest absolute Gasteiger partial charge is 0.456 e. The van der Waals surface area contributed by atoms with E-state index < -0.39 is 15.9 Å². The Kier molecular flexibility index (Phi) is 4.03. The highest BCUT2D eigenvalue weighted by molar-refractivity contribution is 7.86. The van der Waals surface area contributed by atoms with Crippen LogP contribution >= 0.6 is 0 Å². The minimum Gasteiger partial charge on any atom is -0.456 e. The first-order valence-electron chi connectivity index (χ1n) is 8.34. The predicted octanol–water partition coefficient (Wildman–Crippen LogP) is 1.35. The number of ether oxygens (including phenoxy) is 2. The molecule has 1 saturated heterocycles. The molecule has 2 aromatic rings. The number of aryl methyl sites for hydroxylation is 1. The zero-order valence-corrected chi connectivity index (χ0v) is 15.2. The summed E-state index contributed by atoms with van der Waals surface area (Å²) in [6.07, 6.45) is 1.07. The van der Waals surface area contributed by atoms with Gasteiger partial charge in [-0.3, -0.25) is 4.90 Å². The number of hydrogen-bond donors (Lipinski definition) is 0. The Morgan fingerprint density at radius 2 is 2.04 bits per heavy atom. The molecule has 0 N–H and O–H groups in total. The van der Waals surface area contributed by atoms with E-state index in [0.29, 0.717) is 32.1 Å². The topological polar surface area (TPSA) is 70.0 Å². The van der Waals surface area contributed by atoms with Crippen molar-refractivity contribution < 1.29 is 22.1 Å². The van der Waals surface area contributed by atoms with E-state index in [2.05, 4.69) is 15.5 Å². The van der Waals surface area contributed by atoms with Crippen molar-refractivity contribution in [1.29, 1.82) is 0 Å². The third kappa shape index (κ3) is 3.27. The Bertz CT molecular complexity index is 901. The second-order valence-electron chi connectivity index (χ2n) is 6.75. The van der Waals surface area contributed by atoms with Crippen LogP contribution in [0.2, 0.25) is 0 Å². The van der Waals surface area contributed by atoms with Crippen molar-refractivity contribution in [2.45, 2.75) is 19.3 Å². The van der Waals surface area contributed by atoms with E-state index in [-0.39, 0.29) is 0 Å². The van der Waals surface area contributed by atoms with Crippen molar-refractivity contribution in [3.05, 3.63) is 30.0 Å². The van der Waals surface area contributed by atoms with Gasteiger partial charge in [-0.15, -0.1) is 0 Å². The summed E-state index contributed by atoms with van der Waals surface area (Å²) >= 11 is 0. The molecule has 0 radical (unpaired) electrons. The molecule has 1 atom stereocenters. The maximum Gasteiger partial charge on any atom is 0.268 e. The molecule has 0 unspecified atom stereocenters. The van der Waals surface area contributed by atoms with Crippen molar-refractivity contribution >= 4 is 21.0 Å². The van der Waals surface area contributed by atoms with Crippen LogP contribution in [0.3, 0.4) is 0 Å². The van der Waals surface area contributed by atoms with Crippen LogP contribution in [-0.4, -0.2) is 62.8 Å². The summed E-state index contributed by atoms with van der Waals surface area (Å²) < 4.78 is 43.1. The van der Waals surface area contributed by atoms with Gasteiger partial charge in [-0.05, 0) is 19.1 Å². The van der Waals surface area contributed by atoms with Gasteiger partial charge in [0.2, 0.25) is 0 Å². The number of hydrogen-bond acceptors (Lipinski definition) is 6. The minimum atomic E-state index is -3.70. The molecule has 25 heavy (non-hydrogen) atoms. The van der Waals surface area contributed by atoms with Crippen LogP contribution in [0.15, 0.2) is 24.3 Å². The van der Waals surface area contributed by atoms with Crippen molar-refractivity contribution in [3.63, 3.8) is 0 Å². The summed E-state index contributed by atoms with van der Waals surface area (Å²) in [5, 5.41) is 1.08. The Balaban J connectivity index is 1.75. The second-order valence-corrected chi connectivity index (χ2v) is 8.33. The summed E-state index contributed by atoms with van der Waals surface area (Å²) in [7, 11) is -3.70. The normalized spacial score (nSPS) is 24.4. The molecule has 1 fully saturated rings. The second kappa shape index (κ2) is 5.98. The molecule has 0 spiro atoms. The average Bonchev–Trinajstić information content (AvgIpc) is 2.84. The molecule has 0 aliphatic carbocycles. The van der Waals surface area contributed by atoms with Gasteiger partial charge in [0.05, 0.1) is 38.1 Å². The maximum absolute atomic E-state index is 12.0. The molecular weight excluding hydrogens is 344 g/mol.